The van der Waals surface area contributed by atoms with E-state index in [1.807, 2.05) is 36.4 Å². The summed E-state index contributed by atoms with van der Waals surface area (Å²) in [5.74, 6) is 0. The number of hydrogen-bond acceptors (Lipinski definition) is 2. The predicted octanol–water partition coefficient (Wildman–Crippen LogP) is 3.71. The van der Waals surface area contributed by atoms with Crippen LogP contribution in [0.3, 0.4) is 0 Å². The second-order valence-corrected chi connectivity index (χ2v) is 4.53. The Hall–Kier alpha value is -1.90. The summed E-state index contributed by atoms with van der Waals surface area (Å²) in [4.78, 5) is 14.9. The van der Waals surface area contributed by atoms with Crippen LogP contribution in [0.5, 0.6) is 0 Å². The first kappa shape index (κ1) is 13.2. The molecule has 1 aromatic carbocycles. The van der Waals surface area contributed by atoms with Gasteiger partial charge in [-0.2, -0.15) is 4.99 Å². The zero-order valence-electron chi connectivity index (χ0n) is 10.4. The number of benzene rings is 1. The van der Waals surface area contributed by atoms with Gasteiger partial charge in [-0.15, -0.1) is 0 Å². The summed E-state index contributed by atoms with van der Waals surface area (Å²) in [7, 11) is 0. The topological polar surface area (TPSA) is 38.7 Å². The molecule has 0 saturated carbocycles. The fourth-order valence-electron chi connectivity index (χ4n) is 1.11. The van der Waals surface area contributed by atoms with Crippen molar-refractivity contribution in [2.75, 3.05) is 0 Å². The number of amides is 1. The van der Waals surface area contributed by atoms with Crippen LogP contribution in [-0.2, 0) is 4.74 Å². The molecule has 0 aliphatic rings. The van der Waals surface area contributed by atoms with Crippen molar-refractivity contribution in [3.63, 3.8) is 0 Å². The van der Waals surface area contributed by atoms with E-state index in [9.17, 15) is 4.79 Å². The number of nitrogens with zero attached hydrogens (tertiary/aromatic N) is 1. The van der Waals surface area contributed by atoms with E-state index in [-0.39, 0.29) is 0 Å². The molecule has 0 atom stereocenters. The van der Waals surface area contributed by atoms with Crippen LogP contribution in [0.4, 0.5) is 4.79 Å². The van der Waals surface area contributed by atoms with Crippen LogP contribution in [0.15, 0.2) is 41.4 Å². The number of allylic oxidation sites excluding steroid dienone is 1. The van der Waals surface area contributed by atoms with Crippen molar-refractivity contribution in [2.45, 2.75) is 26.4 Å². The molecular weight excluding hydrogens is 214 g/mol. The number of rotatable bonds is 2. The predicted molar refractivity (Wildman–Crippen MR) is 70.2 cm³/mol. The van der Waals surface area contributed by atoms with E-state index in [2.05, 4.69) is 4.99 Å². The summed E-state index contributed by atoms with van der Waals surface area (Å²) in [6.07, 6.45) is 4.43. The Morgan fingerprint density at radius 2 is 1.88 bits per heavy atom. The van der Waals surface area contributed by atoms with Crippen molar-refractivity contribution >= 4 is 18.4 Å². The van der Waals surface area contributed by atoms with E-state index in [1.165, 1.54) is 6.21 Å². The summed E-state index contributed by atoms with van der Waals surface area (Å²) < 4.78 is 5.02. The van der Waals surface area contributed by atoms with Gasteiger partial charge in [0.05, 0.1) is 0 Å². The van der Waals surface area contributed by atoms with Crippen molar-refractivity contribution in [3.05, 3.63) is 42.0 Å². The Balaban J connectivity index is 2.46. The summed E-state index contributed by atoms with van der Waals surface area (Å²) in [6, 6.07) is 9.79. The highest BCUT2D eigenvalue weighted by molar-refractivity contribution is 5.87. The van der Waals surface area contributed by atoms with E-state index >= 15 is 0 Å². The number of ether oxygens (including phenoxy) is 1. The van der Waals surface area contributed by atoms with Gasteiger partial charge in [0.1, 0.15) is 5.60 Å². The molecule has 17 heavy (non-hydrogen) atoms. The monoisotopic (exact) mass is 231 g/mol. The van der Waals surface area contributed by atoms with Gasteiger partial charge >= 0.3 is 6.09 Å². The van der Waals surface area contributed by atoms with Gasteiger partial charge in [-0.25, -0.2) is 4.79 Å². The Bertz CT molecular complexity index is 414. The van der Waals surface area contributed by atoms with Crippen LogP contribution in [0, 0.1) is 0 Å². The maximum absolute atomic E-state index is 11.2. The van der Waals surface area contributed by atoms with E-state index in [0.29, 0.717) is 0 Å². The zero-order valence-corrected chi connectivity index (χ0v) is 10.4. The molecule has 0 heterocycles. The van der Waals surface area contributed by atoms with Crippen LogP contribution < -0.4 is 0 Å². The number of aliphatic imine (C=N–C) groups is 1. The van der Waals surface area contributed by atoms with Gasteiger partial charge in [-0.05, 0) is 32.4 Å². The molecule has 1 amide bonds. The molecule has 0 aromatic heterocycles. The summed E-state index contributed by atoms with van der Waals surface area (Å²) in [5.41, 5.74) is 0.556. The van der Waals surface area contributed by atoms with Crippen LogP contribution in [0.2, 0.25) is 0 Å². The third kappa shape index (κ3) is 6.30. The molecule has 0 N–H and O–H groups in total. The second kappa shape index (κ2) is 5.99. The molecule has 0 saturated heterocycles. The van der Waals surface area contributed by atoms with Crippen molar-refractivity contribution in [1.82, 2.24) is 0 Å². The van der Waals surface area contributed by atoms with Gasteiger partial charge in [0.2, 0.25) is 0 Å². The molecule has 0 unspecified atom stereocenters. The van der Waals surface area contributed by atoms with Gasteiger partial charge in [-0.3, -0.25) is 0 Å². The molecular formula is C14H17NO2. The normalized spacial score (nSPS) is 12.2. The van der Waals surface area contributed by atoms with E-state index in [0.717, 1.165) is 5.56 Å². The Morgan fingerprint density at radius 3 is 2.47 bits per heavy atom. The van der Waals surface area contributed by atoms with Gasteiger partial charge in [0.25, 0.3) is 0 Å². The van der Waals surface area contributed by atoms with Crippen molar-refractivity contribution in [3.8, 4) is 0 Å². The molecule has 3 nitrogen and oxygen atoms in total. The first-order valence-electron chi connectivity index (χ1n) is 5.46. The Morgan fingerprint density at radius 1 is 1.24 bits per heavy atom. The number of carbonyl (C=O) groups excluding carboxylic acids is 1. The van der Waals surface area contributed by atoms with Crippen LogP contribution in [0.25, 0.3) is 6.08 Å². The maximum Gasteiger partial charge on any atom is 0.434 e. The van der Waals surface area contributed by atoms with Gasteiger partial charge in [-0.1, -0.05) is 36.4 Å². The Kier molecular flexibility index (Phi) is 4.64. The smallest absolute Gasteiger partial charge is 0.434 e. The minimum absolute atomic E-state index is 0.502. The fourth-order valence-corrected chi connectivity index (χ4v) is 1.11. The lowest BCUT2D eigenvalue weighted by Gasteiger charge is -2.16. The lowest BCUT2D eigenvalue weighted by molar-refractivity contribution is 0.0605. The maximum atomic E-state index is 11.2. The first-order chi connectivity index (χ1) is 7.97. The molecule has 1 rings (SSSR count). The molecule has 0 aliphatic heterocycles. The standard InChI is InChI=1S/C14H17NO2/c1-14(2,3)17-13(16)15-11-7-10-12-8-5-4-6-9-12/h4-11H,1-3H3/b10-7+,15-11+. The zero-order chi connectivity index (χ0) is 12.7. The minimum atomic E-state index is -0.574. The molecule has 90 valence electrons. The third-order valence-corrected chi connectivity index (χ3v) is 1.75. The quantitative estimate of drug-likeness (QED) is 0.728. The molecule has 0 spiro atoms. The average Bonchev–Trinajstić information content (AvgIpc) is 2.23. The van der Waals surface area contributed by atoms with Crippen LogP contribution in [0.1, 0.15) is 26.3 Å². The number of hydrogen-bond donors (Lipinski definition) is 0. The SMILES string of the molecule is CC(C)(C)OC(=O)/N=C/C=C/c1ccccc1. The van der Waals surface area contributed by atoms with Gasteiger partial charge in [0.15, 0.2) is 0 Å². The van der Waals surface area contributed by atoms with Gasteiger partial charge < -0.3 is 4.74 Å². The fraction of sp³-hybridized carbons (Fsp3) is 0.286. The van der Waals surface area contributed by atoms with Crippen molar-refractivity contribution in [2.24, 2.45) is 4.99 Å². The molecule has 3 heteroatoms. The first-order valence-corrected chi connectivity index (χ1v) is 5.46. The largest absolute Gasteiger partial charge is 0.442 e. The lowest BCUT2D eigenvalue weighted by atomic mass is 10.2. The molecule has 1 aromatic rings. The average molecular weight is 231 g/mol. The molecule has 0 aliphatic carbocycles. The molecule has 0 fully saturated rings. The summed E-state index contributed by atoms with van der Waals surface area (Å²) in [6.45, 7) is 5.42. The molecule has 0 radical (unpaired) electrons. The molecule has 0 bridgehead atoms. The Labute approximate surface area is 102 Å². The minimum Gasteiger partial charge on any atom is -0.442 e. The van der Waals surface area contributed by atoms with Crippen LogP contribution >= 0.6 is 0 Å². The van der Waals surface area contributed by atoms with Gasteiger partial charge in [0, 0.05) is 6.21 Å². The van der Waals surface area contributed by atoms with E-state index in [4.69, 9.17) is 4.74 Å². The highest BCUT2D eigenvalue weighted by Crippen LogP contribution is 2.07. The summed E-state index contributed by atoms with van der Waals surface area (Å²) >= 11 is 0. The third-order valence-electron chi connectivity index (χ3n) is 1.75. The van der Waals surface area contributed by atoms with Crippen molar-refractivity contribution < 1.29 is 9.53 Å². The summed E-state index contributed by atoms with van der Waals surface area (Å²) in [5, 5.41) is 0. The highest BCUT2D eigenvalue weighted by atomic mass is 16.6. The number of carbonyl (C=O) groups is 1. The lowest BCUT2D eigenvalue weighted by Crippen LogP contribution is -2.21. The van der Waals surface area contributed by atoms with Crippen molar-refractivity contribution in [1.29, 1.82) is 0 Å². The van der Waals surface area contributed by atoms with Crippen LogP contribution in [-0.4, -0.2) is 17.9 Å². The van der Waals surface area contributed by atoms with E-state index in [1.54, 1.807) is 26.8 Å². The van der Waals surface area contributed by atoms with E-state index < -0.39 is 11.7 Å². The second-order valence-electron chi connectivity index (χ2n) is 4.53. The highest BCUT2D eigenvalue weighted by Gasteiger charge is 2.14.